The second kappa shape index (κ2) is 6.65. The molecule has 1 atom stereocenters. The van der Waals surface area contributed by atoms with Crippen LogP contribution in [0.1, 0.15) is 31.4 Å². The Morgan fingerprint density at radius 1 is 1.26 bits per heavy atom. The van der Waals surface area contributed by atoms with E-state index in [1.54, 1.807) is 25.1 Å². The molecule has 0 aliphatic heterocycles. The maximum atomic E-state index is 12.0. The van der Waals surface area contributed by atoms with E-state index in [0.29, 0.717) is 17.1 Å². The zero-order valence-corrected chi connectivity index (χ0v) is 11.0. The second-order valence-corrected chi connectivity index (χ2v) is 4.23. The Kier molecular flexibility index (Phi) is 5.47. The maximum Gasteiger partial charge on any atom is 0.389 e. The van der Waals surface area contributed by atoms with Gasteiger partial charge in [0, 0.05) is 12.5 Å². The van der Waals surface area contributed by atoms with Gasteiger partial charge in [-0.2, -0.15) is 13.2 Å². The summed E-state index contributed by atoms with van der Waals surface area (Å²) in [6.45, 7) is 1.76. The third-order valence-electron chi connectivity index (χ3n) is 2.56. The minimum absolute atomic E-state index is 0.00754. The lowest BCUT2D eigenvalue weighted by Crippen LogP contribution is -2.12. The van der Waals surface area contributed by atoms with Crippen molar-refractivity contribution in [1.82, 2.24) is 0 Å². The summed E-state index contributed by atoms with van der Waals surface area (Å²) in [5.74, 6) is 1.04. The quantitative estimate of drug-likeness (QED) is 0.810. The maximum absolute atomic E-state index is 12.0. The number of hydrogen-bond acceptors (Lipinski definition) is 3. The molecule has 0 saturated heterocycles. The summed E-state index contributed by atoms with van der Waals surface area (Å²) in [4.78, 5) is 0. The van der Waals surface area contributed by atoms with Crippen LogP contribution >= 0.6 is 0 Å². The lowest BCUT2D eigenvalue weighted by atomic mass is 10.1. The number of rotatable bonds is 6. The molecule has 1 aromatic carbocycles. The van der Waals surface area contributed by atoms with E-state index < -0.39 is 12.6 Å². The Labute approximate surface area is 110 Å². The zero-order chi connectivity index (χ0) is 14.5. The Morgan fingerprint density at radius 2 is 1.89 bits per heavy atom. The van der Waals surface area contributed by atoms with Gasteiger partial charge in [-0.3, -0.25) is 0 Å². The van der Waals surface area contributed by atoms with Crippen molar-refractivity contribution in [3.8, 4) is 11.5 Å². The van der Waals surface area contributed by atoms with Gasteiger partial charge in [-0.1, -0.05) is 6.07 Å². The fourth-order valence-corrected chi connectivity index (χ4v) is 1.73. The van der Waals surface area contributed by atoms with Gasteiger partial charge < -0.3 is 15.2 Å². The fourth-order valence-electron chi connectivity index (χ4n) is 1.73. The Balaban J connectivity index is 2.68. The Hall–Kier alpha value is -1.43. The molecule has 0 fully saturated rings. The number of halogens is 3. The van der Waals surface area contributed by atoms with Crippen molar-refractivity contribution in [1.29, 1.82) is 0 Å². The van der Waals surface area contributed by atoms with E-state index in [9.17, 15) is 13.2 Å². The lowest BCUT2D eigenvalue weighted by Gasteiger charge is -2.17. The van der Waals surface area contributed by atoms with Gasteiger partial charge >= 0.3 is 6.18 Å². The summed E-state index contributed by atoms with van der Waals surface area (Å²) < 4.78 is 46.6. The number of alkyl halides is 3. The molecule has 0 bridgehead atoms. The average Bonchev–Trinajstić information content (AvgIpc) is 2.32. The van der Waals surface area contributed by atoms with Gasteiger partial charge in [0.25, 0.3) is 0 Å². The topological polar surface area (TPSA) is 44.5 Å². The molecule has 6 heteroatoms. The zero-order valence-electron chi connectivity index (χ0n) is 11.0. The first-order valence-electron chi connectivity index (χ1n) is 5.97. The molecule has 1 unspecified atom stereocenters. The van der Waals surface area contributed by atoms with E-state index in [1.807, 2.05) is 0 Å². The van der Waals surface area contributed by atoms with Crippen LogP contribution < -0.4 is 15.2 Å². The molecule has 19 heavy (non-hydrogen) atoms. The van der Waals surface area contributed by atoms with Gasteiger partial charge in [0.05, 0.1) is 19.3 Å². The van der Waals surface area contributed by atoms with Crippen LogP contribution in [0.2, 0.25) is 0 Å². The van der Waals surface area contributed by atoms with E-state index >= 15 is 0 Å². The molecule has 0 aliphatic rings. The van der Waals surface area contributed by atoms with Crippen LogP contribution in [-0.4, -0.2) is 19.9 Å². The van der Waals surface area contributed by atoms with Crippen molar-refractivity contribution in [2.45, 2.75) is 32.0 Å². The number of benzene rings is 1. The molecule has 0 spiro atoms. The first-order chi connectivity index (χ1) is 8.85. The van der Waals surface area contributed by atoms with Gasteiger partial charge in [-0.05, 0) is 25.5 Å². The standard InChI is InChI=1S/C13H18F3NO2/c1-9(17)12-10(18-2)5-3-6-11(12)19-8-4-7-13(14,15)16/h3,5-6,9H,4,7-8,17H2,1-2H3. The van der Waals surface area contributed by atoms with Crippen LogP contribution in [-0.2, 0) is 0 Å². The van der Waals surface area contributed by atoms with Crippen molar-refractivity contribution in [2.24, 2.45) is 5.73 Å². The monoisotopic (exact) mass is 277 g/mol. The third kappa shape index (κ3) is 4.98. The van der Waals surface area contributed by atoms with E-state index in [1.165, 1.54) is 7.11 Å². The predicted molar refractivity (Wildman–Crippen MR) is 66.4 cm³/mol. The molecule has 108 valence electrons. The molecule has 0 saturated carbocycles. The second-order valence-electron chi connectivity index (χ2n) is 4.23. The van der Waals surface area contributed by atoms with Gasteiger partial charge in [0.1, 0.15) is 11.5 Å². The van der Waals surface area contributed by atoms with Crippen LogP contribution in [0, 0.1) is 0 Å². The van der Waals surface area contributed by atoms with Crippen molar-refractivity contribution in [3.05, 3.63) is 23.8 Å². The lowest BCUT2D eigenvalue weighted by molar-refractivity contribution is -0.136. The molecule has 1 rings (SSSR count). The largest absolute Gasteiger partial charge is 0.496 e. The Morgan fingerprint density at radius 3 is 2.42 bits per heavy atom. The van der Waals surface area contributed by atoms with Gasteiger partial charge in [-0.15, -0.1) is 0 Å². The van der Waals surface area contributed by atoms with Crippen LogP contribution in [0.4, 0.5) is 13.2 Å². The number of nitrogens with two attached hydrogens (primary N) is 1. The predicted octanol–water partition coefficient (Wildman–Crippen LogP) is 3.44. The molecule has 0 amide bonds. The molecule has 3 nitrogen and oxygen atoms in total. The first-order valence-corrected chi connectivity index (χ1v) is 5.97. The van der Waals surface area contributed by atoms with Gasteiger partial charge in [0.15, 0.2) is 0 Å². The number of hydrogen-bond donors (Lipinski definition) is 1. The van der Waals surface area contributed by atoms with Crippen LogP contribution in [0.3, 0.4) is 0 Å². The van der Waals surface area contributed by atoms with Crippen molar-refractivity contribution in [3.63, 3.8) is 0 Å². The molecular formula is C13H18F3NO2. The highest BCUT2D eigenvalue weighted by Crippen LogP contribution is 2.33. The van der Waals surface area contributed by atoms with Crippen molar-refractivity contribution in [2.75, 3.05) is 13.7 Å². The molecule has 2 N–H and O–H groups in total. The fraction of sp³-hybridized carbons (Fsp3) is 0.538. The highest BCUT2D eigenvalue weighted by Gasteiger charge is 2.26. The molecule has 1 aromatic rings. The van der Waals surface area contributed by atoms with E-state index in [4.69, 9.17) is 15.2 Å². The van der Waals surface area contributed by atoms with E-state index in [2.05, 4.69) is 0 Å². The summed E-state index contributed by atoms with van der Waals surface area (Å²) >= 11 is 0. The van der Waals surface area contributed by atoms with Crippen LogP contribution in [0.15, 0.2) is 18.2 Å². The highest BCUT2D eigenvalue weighted by molar-refractivity contribution is 5.46. The van der Waals surface area contributed by atoms with Crippen molar-refractivity contribution < 1.29 is 22.6 Å². The molecular weight excluding hydrogens is 259 g/mol. The first kappa shape index (κ1) is 15.6. The summed E-state index contributed by atoms with van der Waals surface area (Å²) in [5, 5.41) is 0. The molecule has 0 heterocycles. The van der Waals surface area contributed by atoms with Gasteiger partial charge in [0.2, 0.25) is 0 Å². The molecule has 0 aromatic heterocycles. The molecule has 0 aliphatic carbocycles. The minimum atomic E-state index is -4.15. The van der Waals surface area contributed by atoms with Gasteiger partial charge in [-0.25, -0.2) is 0 Å². The average molecular weight is 277 g/mol. The number of ether oxygens (including phenoxy) is 2. The molecule has 0 radical (unpaired) electrons. The normalized spacial score (nSPS) is 13.2. The van der Waals surface area contributed by atoms with Crippen LogP contribution in [0.25, 0.3) is 0 Å². The highest BCUT2D eigenvalue weighted by atomic mass is 19.4. The summed E-state index contributed by atoms with van der Waals surface area (Å²) in [5.41, 5.74) is 6.49. The smallest absolute Gasteiger partial charge is 0.389 e. The van der Waals surface area contributed by atoms with Crippen molar-refractivity contribution >= 4 is 0 Å². The Bertz CT molecular complexity index is 405. The third-order valence-corrected chi connectivity index (χ3v) is 2.56. The van der Waals surface area contributed by atoms with E-state index in [-0.39, 0.29) is 19.1 Å². The summed E-state index contributed by atoms with van der Waals surface area (Å²) in [6, 6.07) is 4.80. The number of methoxy groups -OCH3 is 1. The van der Waals surface area contributed by atoms with E-state index in [0.717, 1.165) is 0 Å². The summed E-state index contributed by atoms with van der Waals surface area (Å²) in [6.07, 6.45) is -5.09. The van der Waals surface area contributed by atoms with Crippen LogP contribution in [0.5, 0.6) is 11.5 Å². The SMILES string of the molecule is COc1cccc(OCCCC(F)(F)F)c1C(C)N. The summed E-state index contributed by atoms with van der Waals surface area (Å²) in [7, 11) is 1.51. The minimum Gasteiger partial charge on any atom is -0.496 e.